The Morgan fingerprint density at radius 3 is 2.63 bits per heavy atom. The van der Waals surface area contributed by atoms with Crippen LogP contribution in [0.4, 0.5) is 0 Å². The van der Waals surface area contributed by atoms with Crippen LogP contribution in [0.15, 0.2) is 48.5 Å². The smallest absolute Gasteiger partial charge is 0.123 e. The lowest BCUT2D eigenvalue weighted by atomic mass is 10.1. The number of nitrogens with zero attached hydrogens (tertiary/aromatic N) is 2. The summed E-state index contributed by atoms with van der Waals surface area (Å²) in [5, 5.41) is 18.6. The van der Waals surface area contributed by atoms with Crippen molar-refractivity contribution in [2.24, 2.45) is 0 Å². The second-order valence-electron chi connectivity index (χ2n) is 7.63. The van der Waals surface area contributed by atoms with Crippen LogP contribution in [0.3, 0.4) is 0 Å². The number of para-hydroxylation sites is 1. The molecule has 0 radical (unpaired) electrons. The molecular formula is C24H34N2O4. The Labute approximate surface area is 179 Å². The fourth-order valence-electron chi connectivity index (χ4n) is 4.04. The first-order valence-electron chi connectivity index (χ1n) is 10.8. The molecule has 1 fully saturated rings. The zero-order chi connectivity index (χ0) is 21.2. The molecule has 0 bridgehead atoms. The molecule has 6 heteroatoms. The number of hydrogen-bond acceptors (Lipinski definition) is 6. The molecule has 1 atom stereocenters. The Morgan fingerprint density at radius 1 is 0.967 bits per heavy atom. The molecule has 3 rings (SSSR count). The van der Waals surface area contributed by atoms with Crippen molar-refractivity contribution in [3.63, 3.8) is 0 Å². The van der Waals surface area contributed by atoms with E-state index >= 15 is 0 Å². The number of rotatable bonds is 11. The van der Waals surface area contributed by atoms with Gasteiger partial charge < -0.3 is 19.7 Å². The highest BCUT2D eigenvalue weighted by atomic mass is 16.5. The fourth-order valence-corrected chi connectivity index (χ4v) is 4.04. The summed E-state index contributed by atoms with van der Waals surface area (Å²) >= 11 is 0. The van der Waals surface area contributed by atoms with E-state index in [1.807, 2.05) is 37.3 Å². The lowest BCUT2D eigenvalue weighted by Crippen LogP contribution is -2.52. The minimum atomic E-state index is 0.0153. The van der Waals surface area contributed by atoms with Gasteiger partial charge in [0.25, 0.3) is 0 Å². The van der Waals surface area contributed by atoms with E-state index in [2.05, 4.69) is 28.0 Å². The second-order valence-corrected chi connectivity index (χ2v) is 7.63. The predicted octanol–water partition coefficient (Wildman–Crippen LogP) is 2.53. The van der Waals surface area contributed by atoms with Gasteiger partial charge in [-0.05, 0) is 37.1 Å². The number of aliphatic hydroxyl groups is 2. The van der Waals surface area contributed by atoms with Gasteiger partial charge in [0.05, 0.1) is 13.2 Å². The summed E-state index contributed by atoms with van der Waals surface area (Å²) in [6.45, 7) is 7.70. The molecule has 1 heterocycles. The van der Waals surface area contributed by atoms with Gasteiger partial charge in [0.1, 0.15) is 18.1 Å². The maximum absolute atomic E-state index is 9.63. The van der Waals surface area contributed by atoms with E-state index in [0.29, 0.717) is 19.3 Å². The van der Waals surface area contributed by atoms with Crippen LogP contribution in [0.2, 0.25) is 0 Å². The van der Waals surface area contributed by atoms with E-state index in [4.69, 9.17) is 14.6 Å². The molecule has 30 heavy (non-hydrogen) atoms. The van der Waals surface area contributed by atoms with Crippen molar-refractivity contribution in [3.05, 3.63) is 59.7 Å². The van der Waals surface area contributed by atoms with Crippen molar-refractivity contribution in [1.29, 1.82) is 0 Å². The monoisotopic (exact) mass is 414 g/mol. The summed E-state index contributed by atoms with van der Waals surface area (Å²) in [5.74, 6) is 1.74. The molecule has 2 N–H and O–H groups in total. The van der Waals surface area contributed by atoms with Gasteiger partial charge in [-0.15, -0.1) is 0 Å². The van der Waals surface area contributed by atoms with Crippen molar-refractivity contribution >= 4 is 0 Å². The molecule has 1 aliphatic heterocycles. The van der Waals surface area contributed by atoms with Crippen molar-refractivity contribution in [1.82, 2.24) is 9.80 Å². The molecule has 0 unspecified atom stereocenters. The lowest BCUT2D eigenvalue weighted by Gasteiger charge is -2.41. The molecule has 2 aromatic rings. The van der Waals surface area contributed by atoms with Gasteiger partial charge in [0.2, 0.25) is 0 Å². The summed E-state index contributed by atoms with van der Waals surface area (Å²) in [4.78, 5) is 4.90. The van der Waals surface area contributed by atoms with Gasteiger partial charge in [-0.1, -0.05) is 30.3 Å². The minimum absolute atomic E-state index is 0.0153. The molecule has 1 aliphatic rings. The zero-order valence-electron chi connectivity index (χ0n) is 17.9. The normalized spacial score (nSPS) is 17.8. The molecule has 0 saturated carbocycles. The van der Waals surface area contributed by atoms with E-state index < -0.39 is 0 Å². The van der Waals surface area contributed by atoms with Gasteiger partial charge in [-0.25, -0.2) is 0 Å². The van der Waals surface area contributed by atoms with Crippen LogP contribution < -0.4 is 9.47 Å². The van der Waals surface area contributed by atoms with E-state index in [9.17, 15) is 5.11 Å². The van der Waals surface area contributed by atoms with Crippen LogP contribution in [-0.2, 0) is 13.1 Å². The Kier molecular flexibility index (Phi) is 8.96. The maximum atomic E-state index is 9.63. The molecule has 0 amide bonds. The summed E-state index contributed by atoms with van der Waals surface area (Å²) in [6, 6.07) is 16.6. The Balaban J connectivity index is 1.62. The average molecular weight is 415 g/mol. The Morgan fingerprint density at radius 2 is 1.83 bits per heavy atom. The molecule has 0 aromatic heterocycles. The third kappa shape index (κ3) is 6.44. The largest absolute Gasteiger partial charge is 0.494 e. The molecule has 164 valence electrons. The van der Waals surface area contributed by atoms with Crippen LogP contribution in [0.5, 0.6) is 11.5 Å². The first-order valence-corrected chi connectivity index (χ1v) is 10.8. The zero-order valence-corrected chi connectivity index (χ0v) is 17.9. The second kappa shape index (κ2) is 11.9. The summed E-state index contributed by atoms with van der Waals surface area (Å²) in [7, 11) is 0. The van der Waals surface area contributed by atoms with Crippen LogP contribution >= 0.6 is 0 Å². The SMILES string of the molecule is CCOc1ccccc1CN1CCN(Cc2cccc(OCCO)c2)C[C@@H]1CCO. The fraction of sp³-hybridized carbons (Fsp3) is 0.500. The van der Waals surface area contributed by atoms with Crippen LogP contribution in [-0.4, -0.2) is 72.1 Å². The molecule has 6 nitrogen and oxygen atoms in total. The summed E-state index contributed by atoms with van der Waals surface area (Å²) in [6.07, 6.45) is 0.757. The number of benzene rings is 2. The standard InChI is InChI=1S/C24H34N2O4/c1-2-29-24-9-4-3-7-21(24)18-26-12-11-25(19-22(26)10-13-27)17-20-6-5-8-23(16-20)30-15-14-28/h3-9,16,22,27-28H,2,10-15,17-19H2,1H3/t22-/m0/s1. The Hall–Kier alpha value is -2.12. The summed E-state index contributed by atoms with van der Waals surface area (Å²) in [5.41, 5.74) is 2.40. The molecular weight excluding hydrogens is 380 g/mol. The highest BCUT2D eigenvalue weighted by Gasteiger charge is 2.27. The van der Waals surface area contributed by atoms with Gasteiger partial charge >= 0.3 is 0 Å². The van der Waals surface area contributed by atoms with Gasteiger partial charge in [0.15, 0.2) is 0 Å². The highest BCUT2D eigenvalue weighted by molar-refractivity contribution is 5.33. The molecule has 0 spiro atoms. The first kappa shape index (κ1) is 22.6. The van der Waals surface area contributed by atoms with Crippen molar-refractivity contribution in [2.45, 2.75) is 32.5 Å². The van der Waals surface area contributed by atoms with Crippen molar-refractivity contribution < 1.29 is 19.7 Å². The van der Waals surface area contributed by atoms with E-state index in [0.717, 1.165) is 50.6 Å². The summed E-state index contributed by atoms with van der Waals surface area (Å²) < 4.78 is 11.3. The third-order valence-corrected chi connectivity index (χ3v) is 5.46. The van der Waals surface area contributed by atoms with E-state index in [1.165, 1.54) is 11.1 Å². The quantitative estimate of drug-likeness (QED) is 0.589. The van der Waals surface area contributed by atoms with Gasteiger partial charge in [-0.2, -0.15) is 0 Å². The topological polar surface area (TPSA) is 65.4 Å². The number of hydrogen-bond donors (Lipinski definition) is 2. The van der Waals surface area contributed by atoms with Crippen molar-refractivity contribution in [3.8, 4) is 11.5 Å². The minimum Gasteiger partial charge on any atom is -0.494 e. The Bertz CT molecular complexity index is 770. The van der Waals surface area contributed by atoms with Gasteiger partial charge in [-0.3, -0.25) is 9.80 Å². The molecule has 0 aliphatic carbocycles. The van der Waals surface area contributed by atoms with Crippen LogP contribution in [0.25, 0.3) is 0 Å². The number of aliphatic hydroxyl groups excluding tert-OH is 2. The van der Waals surface area contributed by atoms with Crippen LogP contribution in [0, 0.1) is 0 Å². The van der Waals surface area contributed by atoms with Crippen molar-refractivity contribution in [2.75, 3.05) is 46.1 Å². The first-order chi connectivity index (χ1) is 14.7. The third-order valence-electron chi connectivity index (χ3n) is 5.46. The number of ether oxygens (including phenoxy) is 2. The van der Waals surface area contributed by atoms with E-state index in [-0.39, 0.29) is 13.2 Å². The van der Waals surface area contributed by atoms with E-state index in [1.54, 1.807) is 0 Å². The lowest BCUT2D eigenvalue weighted by molar-refractivity contribution is 0.0494. The van der Waals surface area contributed by atoms with Gasteiger partial charge in [0, 0.05) is 50.9 Å². The maximum Gasteiger partial charge on any atom is 0.123 e. The molecule has 2 aromatic carbocycles. The average Bonchev–Trinajstić information content (AvgIpc) is 2.76. The predicted molar refractivity (Wildman–Crippen MR) is 118 cm³/mol. The number of piperazine rings is 1. The molecule has 1 saturated heterocycles. The highest BCUT2D eigenvalue weighted by Crippen LogP contribution is 2.24. The van der Waals surface area contributed by atoms with Crippen LogP contribution in [0.1, 0.15) is 24.5 Å².